The molecule has 3 heteroatoms. The van der Waals surface area contributed by atoms with Crippen LogP contribution in [0.4, 0.5) is 0 Å². The van der Waals surface area contributed by atoms with Gasteiger partial charge in [0.15, 0.2) is 5.43 Å². The molecule has 16 heavy (non-hydrogen) atoms. The first kappa shape index (κ1) is 11.1. The molecule has 0 aliphatic rings. The van der Waals surface area contributed by atoms with E-state index in [1.807, 2.05) is 6.07 Å². The highest BCUT2D eigenvalue weighted by Gasteiger charge is 2.03. The fourth-order valence-corrected chi connectivity index (χ4v) is 2.77. The second-order valence-corrected chi connectivity index (χ2v) is 5.03. The molecule has 0 aliphatic heterocycles. The number of rotatable bonds is 3. The fourth-order valence-electron chi connectivity index (χ4n) is 1.67. The van der Waals surface area contributed by atoms with Crippen LogP contribution in [0.2, 0.25) is 0 Å². The van der Waals surface area contributed by atoms with Crippen molar-refractivity contribution in [2.45, 2.75) is 26.2 Å². The molecular weight excluding hydrogens is 220 g/mol. The molecule has 1 aromatic heterocycles. The van der Waals surface area contributed by atoms with E-state index in [1.165, 1.54) is 6.07 Å². The first-order valence-electron chi connectivity index (χ1n) is 5.46. The van der Waals surface area contributed by atoms with Crippen LogP contribution in [-0.4, -0.2) is 5.11 Å². The maximum atomic E-state index is 11.8. The summed E-state index contributed by atoms with van der Waals surface area (Å²) in [6.07, 6.45) is 3.21. The molecule has 84 valence electrons. The number of phenols is 1. The average molecular weight is 234 g/mol. The molecule has 1 heterocycles. The fraction of sp³-hybridized carbons (Fsp3) is 0.308. The van der Waals surface area contributed by atoms with Gasteiger partial charge in [0.25, 0.3) is 0 Å². The Morgan fingerprint density at radius 2 is 2.12 bits per heavy atom. The number of hydrogen-bond acceptors (Lipinski definition) is 3. The van der Waals surface area contributed by atoms with Gasteiger partial charge in [0.1, 0.15) is 5.75 Å². The third kappa shape index (κ3) is 2.25. The maximum Gasteiger partial charge on any atom is 0.188 e. The molecule has 2 rings (SSSR count). The summed E-state index contributed by atoms with van der Waals surface area (Å²) < 4.78 is 0.955. The van der Waals surface area contributed by atoms with Gasteiger partial charge < -0.3 is 5.11 Å². The van der Waals surface area contributed by atoms with Crippen molar-refractivity contribution >= 4 is 21.4 Å². The Morgan fingerprint density at radius 1 is 1.31 bits per heavy atom. The quantitative estimate of drug-likeness (QED) is 0.884. The zero-order chi connectivity index (χ0) is 11.5. The number of benzene rings is 1. The van der Waals surface area contributed by atoms with E-state index in [0.717, 1.165) is 28.8 Å². The first-order valence-corrected chi connectivity index (χ1v) is 6.28. The number of fused-ring (bicyclic) bond motifs is 1. The van der Waals surface area contributed by atoms with E-state index in [9.17, 15) is 9.90 Å². The van der Waals surface area contributed by atoms with Gasteiger partial charge >= 0.3 is 0 Å². The SMILES string of the molecule is CCCCc1cc(=O)c2cc(O)ccc2s1. The van der Waals surface area contributed by atoms with Crippen LogP contribution in [-0.2, 0) is 6.42 Å². The van der Waals surface area contributed by atoms with Gasteiger partial charge in [0, 0.05) is 15.0 Å². The van der Waals surface area contributed by atoms with Gasteiger partial charge in [-0.15, -0.1) is 11.3 Å². The van der Waals surface area contributed by atoms with Gasteiger partial charge in [-0.25, -0.2) is 0 Å². The minimum atomic E-state index is 0.00996. The predicted octanol–water partition coefficient (Wildman–Crippen LogP) is 3.31. The second-order valence-electron chi connectivity index (χ2n) is 3.86. The van der Waals surface area contributed by atoms with E-state index in [1.54, 1.807) is 23.5 Å². The van der Waals surface area contributed by atoms with E-state index < -0.39 is 0 Å². The first-order chi connectivity index (χ1) is 7.70. The van der Waals surface area contributed by atoms with Gasteiger partial charge in [-0.3, -0.25) is 4.79 Å². The normalized spacial score (nSPS) is 10.8. The largest absolute Gasteiger partial charge is 0.508 e. The number of aromatic hydroxyl groups is 1. The summed E-state index contributed by atoms with van der Waals surface area (Å²) in [5, 5.41) is 9.95. The van der Waals surface area contributed by atoms with Crippen molar-refractivity contribution in [1.82, 2.24) is 0 Å². The number of hydrogen-bond donors (Lipinski definition) is 1. The van der Waals surface area contributed by atoms with E-state index in [4.69, 9.17) is 0 Å². The lowest BCUT2D eigenvalue weighted by atomic mass is 10.2. The molecule has 0 spiro atoms. The molecule has 0 fully saturated rings. The number of unbranched alkanes of at least 4 members (excludes halogenated alkanes) is 1. The molecule has 0 aliphatic carbocycles. The number of phenolic OH excluding ortho intramolecular Hbond substituents is 1. The molecule has 0 saturated heterocycles. The van der Waals surface area contributed by atoms with Crippen molar-refractivity contribution < 1.29 is 5.11 Å². The molecule has 0 saturated carbocycles. The molecule has 1 N–H and O–H groups in total. The Balaban J connectivity index is 2.51. The van der Waals surface area contributed by atoms with Gasteiger partial charge in [0.2, 0.25) is 0 Å². The summed E-state index contributed by atoms with van der Waals surface area (Å²) in [5.41, 5.74) is 0.00996. The van der Waals surface area contributed by atoms with Gasteiger partial charge in [-0.05, 0) is 37.1 Å². The third-order valence-electron chi connectivity index (χ3n) is 2.54. The maximum absolute atomic E-state index is 11.8. The van der Waals surface area contributed by atoms with Crippen LogP contribution in [0.3, 0.4) is 0 Å². The Bertz CT molecular complexity index is 557. The Labute approximate surface area is 98.2 Å². The molecule has 0 atom stereocenters. The van der Waals surface area contributed by atoms with Gasteiger partial charge in [0.05, 0.1) is 0 Å². The molecule has 1 aromatic carbocycles. The molecule has 2 aromatic rings. The van der Waals surface area contributed by atoms with Crippen molar-refractivity contribution in [2.75, 3.05) is 0 Å². The van der Waals surface area contributed by atoms with Crippen molar-refractivity contribution in [3.8, 4) is 5.75 Å². The highest BCUT2D eigenvalue weighted by molar-refractivity contribution is 7.18. The van der Waals surface area contributed by atoms with E-state index in [2.05, 4.69) is 6.92 Å². The molecule has 0 amide bonds. The average Bonchev–Trinajstić information content (AvgIpc) is 2.27. The summed E-state index contributed by atoms with van der Waals surface area (Å²) in [7, 11) is 0. The van der Waals surface area contributed by atoms with Crippen molar-refractivity contribution in [3.05, 3.63) is 39.4 Å². The molecular formula is C13H14O2S. The van der Waals surface area contributed by atoms with Crippen LogP contribution in [0.15, 0.2) is 29.1 Å². The van der Waals surface area contributed by atoms with Crippen LogP contribution in [0, 0.1) is 0 Å². The zero-order valence-electron chi connectivity index (χ0n) is 9.19. The molecule has 0 unspecified atom stereocenters. The van der Waals surface area contributed by atoms with E-state index in [0.29, 0.717) is 5.39 Å². The lowest BCUT2D eigenvalue weighted by molar-refractivity contribution is 0.476. The molecule has 2 nitrogen and oxygen atoms in total. The van der Waals surface area contributed by atoms with Crippen LogP contribution in [0.1, 0.15) is 24.6 Å². The van der Waals surface area contributed by atoms with E-state index >= 15 is 0 Å². The minimum absolute atomic E-state index is 0.00996. The van der Waals surface area contributed by atoms with Crippen LogP contribution >= 0.6 is 11.3 Å². The minimum Gasteiger partial charge on any atom is -0.508 e. The highest BCUT2D eigenvalue weighted by Crippen LogP contribution is 2.23. The summed E-state index contributed by atoms with van der Waals surface area (Å²) >= 11 is 1.64. The molecule has 0 bridgehead atoms. The van der Waals surface area contributed by atoms with Crippen molar-refractivity contribution in [2.24, 2.45) is 0 Å². The predicted molar refractivity (Wildman–Crippen MR) is 68.4 cm³/mol. The van der Waals surface area contributed by atoms with Crippen molar-refractivity contribution in [1.29, 1.82) is 0 Å². The van der Waals surface area contributed by atoms with Crippen LogP contribution < -0.4 is 5.43 Å². The number of aryl methyl sites for hydroxylation is 1. The second kappa shape index (κ2) is 4.66. The van der Waals surface area contributed by atoms with Crippen LogP contribution in [0.25, 0.3) is 10.1 Å². The monoisotopic (exact) mass is 234 g/mol. The van der Waals surface area contributed by atoms with Crippen LogP contribution in [0.5, 0.6) is 5.75 Å². The molecule has 0 radical (unpaired) electrons. The van der Waals surface area contributed by atoms with E-state index in [-0.39, 0.29) is 11.2 Å². The van der Waals surface area contributed by atoms with Gasteiger partial charge in [-0.2, -0.15) is 0 Å². The van der Waals surface area contributed by atoms with Gasteiger partial charge in [-0.1, -0.05) is 13.3 Å². The summed E-state index contributed by atoms with van der Waals surface area (Å²) in [5.74, 6) is 0.151. The topological polar surface area (TPSA) is 37.3 Å². The Morgan fingerprint density at radius 3 is 2.88 bits per heavy atom. The summed E-state index contributed by atoms with van der Waals surface area (Å²) in [4.78, 5) is 12.9. The Hall–Kier alpha value is -1.35. The summed E-state index contributed by atoms with van der Waals surface area (Å²) in [6, 6.07) is 6.67. The zero-order valence-corrected chi connectivity index (χ0v) is 10.0. The smallest absolute Gasteiger partial charge is 0.188 e. The third-order valence-corrected chi connectivity index (χ3v) is 3.70. The highest BCUT2D eigenvalue weighted by atomic mass is 32.1. The lowest BCUT2D eigenvalue weighted by Crippen LogP contribution is -2.00. The summed E-state index contributed by atoms with van der Waals surface area (Å²) in [6.45, 7) is 2.14. The standard InChI is InChI=1S/C13H14O2S/c1-2-3-4-10-8-12(15)11-7-9(14)5-6-13(11)16-10/h5-8,14H,2-4H2,1H3. The lowest BCUT2D eigenvalue weighted by Gasteiger charge is -2.01. The Kier molecular flexibility index (Phi) is 3.25. The van der Waals surface area contributed by atoms with Crippen molar-refractivity contribution in [3.63, 3.8) is 0 Å².